The molecule has 0 aliphatic carbocycles. The van der Waals surface area contributed by atoms with Crippen LogP contribution in [0.2, 0.25) is 0 Å². The van der Waals surface area contributed by atoms with E-state index in [0.29, 0.717) is 13.1 Å². The van der Waals surface area contributed by atoms with E-state index in [1.54, 1.807) is 0 Å². The van der Waals surface area contributed by atoms with Gasteiger partial charge in [-0.15, -0.1) is 6.42 Å². The van der Waals surface area contributed by atoms with Crippen molar-refractivity contribution in [2.75, 3.05) is 19.6 Å². The van der Waals surface area contributed by atoms with Gasteiger partial charge in [-0.05, 0) is 25.8 Å². The van der Waals surface area contributed by atoms with Crippen molar-refractivity contribution in [1.82, 2.24) is 4.90 Å². The van der Waals surface area contributed by atoms with Crippen molar-refractivity contribution in [2.24, 2.45) is 5.41 Å². The summed E-state index contributed by atoms with van der Waals surface area (Å²) in [6.45, 7) is 4.15. The first-order valence-corrected chi connectivity index (χ1v) is 5.54. The molecule has 0 aromatic heterocycles. The molecule has 84 valence electrons. The maximum atomic E-state index is 11.3. The highest BCUT2D eigenvalue weighted by atomic mass is 16.4. The fourth-order valence-corrected chi connectivity index (χ4v) is 2.46. The zero-order valence-electron chi connectivity index (χ0n) is 9.33. The molecule has 0 spiro atoms. The zero-order valence-corrected chi connectivity index (χ0v) is 9.33. The van der Waals surface area contributed by atoms with E-state index in [0.717, 1.165) is 32.2 Å². The second-order valence-electron chi connectivity index (χ2n) is 4.35. The Morgan fingerprint density at radius 2 is 2.40 bits per heavy atom. The van der Waals surface area contributed by atoms with E-state index in [1.165, 1.54) is 0 Å². The van der Waals surface area contributed by atoms with Crippen LogP contribution in [0.15, 0.2) is 0 Å². The third kappa shape index (κ3) is 2.73. The highest BCUT2D eigenvalue weighted by Crippen LogP contribution is 2.34. The second kappa shape index (κ2) is 5.18. The molecular formula is C12H19NO2. The van der Waals surface area contributed by atoms with Gasteiger partial charge in [-0.1, -0.05) is 19.3 Å². The van der Waals surface area contributed by atoms with E-state index >= 15 is 0 Å². The Bertz CT molecular complexity index is 265. The number of piperidine rings is 1. The highest BCUT2D eigenvalue weighted by Gasteiger charge is 2.41. The maximum Gasteiger partial charge on any atom is 0.310 e. The molecule has 1 aliphatic heterocycles. The minimum absolute atomic E-state index is 0.552. The number of aliphatic carboxylic acids is 1. The van der Waals surface area contributed by atoms with Crippen LogP contribution in [0.25, 0.3) is 0 Å². The standard InChI is InChI=1S/C12H19NO2/c1-3-6-12(11(14)15)7-5-9-13(10-12)8-4-2/h2H,3,5-10H2,1H3,(H,14,15). The molecular weight excluding hydrogens is 190 g/mol. The lowest BCUT2D eigenvalue weighted by Crippen LogP contribution is -2.47. The van der Waals surface area contributed by atoms with Crippen molar-refractivity contribution >= 4 is 5.97 Å². The van der Waals surface area contributed by atoms with Crippen LogP contribution in [0.3, 0.4) is 0 Å². The van der Waals surface area contributed by atoms with Gasteiger partial charge >= 0.3 is 5.97 Å². The summed E-state index contributed by atoms with van der Waals surface area (Å²) < 4.78 is 0. The highest BCUT2D eigenvalue weighted by molar-refractivity contribution is 5.75. The van der Waals surface area contributed by atoms with E-state index < -0.39 is 11.4 Å². The van der Waals surface area contributed by atoms with E-state index in [1.807, 2.05) is 6.92 Å². The molecule has 0 amide bonds. The molecule has 1 heterocycles. The van der Waals surface area contributed by atoms with E-state index in [9.17, 15) is 9.90 Å². The smallest absolute Gasteiger partial charge is 0.310 e. The summed E-state index contributed by atoms with van der Waals surface area (Å²) in [5, 5.41) is 9.33. The van der Waals surface area contributed by atoms with Crippen LogP contribution >= 0.6 is 0 Å². The molecule has 0 saturated carbocycles. The summed E-state index contributed by atoms with van der Waals surface area (Å²) in [4.78, 5) is 13.4. The first-order valence-electron chi connectivity index (χ1n) is 5.54. The van der Waals surface area contributed by atoms with E-state index in [-0.39, 0.29) is 0 Å². The number of hydrogen-bond acceptors (Lipinski definition) is 2. The fourth-order valence-electron chi connectivity index (χ4n) is 2.46. The normalized spacial score (nSPS) is 27.2. The van der Waals surface area contributed by atoms with Gasteiger partial charge in [0.1, 0.15) is 0 Å². The van der Waals surface area contributed by atoms with Gasteiger partial charge in [0.05, 0.1) is 12.0 Å². The minimum atomic E-state index is -0.661. The molecule has 1 aliphatic rings. The summed E-state index contributed by atoms with van der Waals surface area (Å²) in [6, 6.07) is 0. The molecule has 1 atom stereocenters. The molecule has 1 rings (SSSR count). The topological polar surface area (TPSA) is 40.5 Å². The summed E-state index contributed by atoms with van der Waals surface area (Å²) in [6.07, 6.45) is 8.65. The predicted octanol–water partition coefficient (Wildman–Crippen LogP) is 1.59. The number of nitrogens with zero attached hydrogens (tertiary/aromatic N) is 1. The van der Waals surface area contributed by atoms with Crippen molar-refractivity contribution < 1.29 is 9.90 Å². The van der Waals surface area contributed by atoms with Crippen LogP contribution in [-0.4, -0.2) is 35.6 Å². The van der Waals surface area contributed by atoms with Crippen LogP contribution in [-0.2, 0) is 4.79 Å². The quantitative estimate of drug-likeness (QED) is 0.715. The van der Waals surface area contributed by atoms with Crippen LogP contribution in [0.1, 0.15) is 32.6 Å². The zero-order chi connectivity index (χ0) is 11.3. The van der Waals surface area contributed by atoms with Crippen LogP contribution in [0, 0.1) is 17.8 Å². The largest absolute Gasteiger partial charge is 0.481 e. The molecule has 0 aromatic rings. The predicted molar refractivity (Wildman–Crippen MR) is 59.5 cm³/mol. The number of terminal acetylenes is 1. The Labute approximate surface area is 91.5 Å². The number of likely N-dealkylation sites (tertiary alicyclic amines) is 1. The SMILES string of the molecule is C#CCN1CCCC(CCC)(C(=O)O)C1. The van der Waals surface area contributed by atoms with Gasteiger partial charge in [-0.2, -0.15) is 0 Å². The molecule has 3 nitrogen and oxygen atoms in total. The van der Waals surface area contributed by atoms with E-state index in [2.05, 4.69) is 10.8 Å². The molecule has 0 aromatic carbocycles. The monoisotopic (exact) mass is 209 g/mol. The van der Waals surface area contributed by atoms with Gasteiger partial charge < -0.3 is 5.11 Å². The van der Waals surface area contributed by atoms with Crippen molar-refractivity contribution in [3.63, 3.8) is 0 Å². The molecule has 1 unspecified atom stereocenters. The third-order valence-electron chi connectivity index (χ3n) is 3.15. The van der Waals surface area contributed by atoms with Crippen molar-refractivity contribution in [1.29, 1.82) is 0 Å². The lowest BCUT2D eigenvalue weighted by molar-refractivity contribution is -0.153. The van der Waals surface area contributed by atoms with Gasteiger partial charge in [0, 0.05) is 6.54 Å². The summed E-state index contributed by atoms with van der Waals surface area (Å²) in [7, 11) is 0. The first kappa shape index (κ1) is 12.1. The molecule has 1 fully saturated rings. The number of hydrogen-bond donors (Lipinski definition) is 1. The van der Waals surface area contributed by atoms with Gasteiger partial charge in [0.15, 0.2) is 0 Å². The number of carbonyl (C=O) groups is 1. The molecule has 1 N–H and O–H groups in total. The molecule has 15 heavy (non-hydrogen) atoms. The van der Waals surface area contributed by atoms with Crippen LogP contribution in [0.4, 0.5) is 0 Å². The summed E-state index contributed by atoms with van der Waals surface area (Å²) in [5.74, 6) is 1.93. The Morgan fingerprint density at radius 3 is 2.93 bits per heavy atom. The Kier molecular flexibility index (Phi) is 4.16. The Balaban J connectivity index is 2.71. The number of carboxylic acids is 1. The lowest BCUT2D eigenvalue weighted by atomic mass is 9.76. The third-order valence-corrected chi connectivity index (χ3v) is 3.15. The minimum Gasteiger partial charge on any atom is -0.481 e. The first-order chi connectivity index (χ1) is 7.14. The van der Waals surface area contributed by atoms with Crippen LogP contribution < -0.4 is 0 Å². The van der Waals surface area contributed by atoms with Gasteiger partial charge in [-0.3, -0.25) is 9.69 Å². The van der Waals surface area contributed by atoms with Crippen molar-refractivity contribution in [3.05, 3.63) is 0 Å². The summed E-state index contributed by atoms with van der Waals surface area (Å²) in [5.41, 5.74) is -0.552. The molecule has 0 radical (unpaired) electrons. The number of rotatable bonds is 4. The molecule has 1 saturated heterocycles. The van der Waals surface area contributed by atoms with Crippen LogP contribution in [0.5, 0.6) is 0 Å². The maximum absolute atomic E-state index is 11.3. The summed E-state index contributed by atoms with van der Waals surface area (Å²) >= 11 is 0. The number of carboxylic acid groups (broad SMARTS) is 1. The lowest BCUT2D eigenvalue weighted by Gasteiger charge is -2.39. The van der Waals surface area contributed by atoms with Gasteiger partial charge in [0.2, 0.25) is 0 Å². The second-order valence-corrected chi connectivity index (χ2v) is 4.35. The fraction of sp³-hybridized carbons (Fsp3) is 0.750. The van der Waals surface area contributed by atoms with Gasteiger partial charge in [0.25, 0.3) is 0 Å². The average molecular weight is 209 g/mol. The Morgan fingerprint density at radius 1 is 1.67 bits per heavy atom. The Hall–Kier alpha value is -1.01. The van der Waals surface area contributed by atoms with Crippen molar-refractivity contribution in [2.45, 2.75) is 32.6 Å². The van der Waals surface area contributed by atoms with Gasteiger partial charge in [-0.25, -0.2) is 0 Å². The van der Waals surface area contributed by atoms with Crippen molar-refractivity contribution in [3.8, 4) is 12.3 Å². The van der Waals surface area contributed by atoms with E-state index in [4.69, 9.17) is 6.42 Å². The molecule has 3 heteroatoms. The average Bonchev–Trinajstić information content (AvgIpc) is 2.19. The molecule has 0 bridgehead atoms.